The van der Waals surface area contributed by atoms with Crippen LogP contribution in [0.3, 0.4) is 0 Å². The first-order chi connectivity index (χ1) is 11.5. The third-order valence-corrected chi connectivity index (χ3v) is 6.11. The second-order valence-electron chi connectivity index (χ2n) is 5.85. The molecule has 7 nitrogen and oxygen atoms in total. The zero-order chi connectivity index (χ0) is 17.2. The predicted octanol–water partition coefficient (Wildman–Crippen LogP) is 0.386. The summed E-state index contributed by atoms with van der Waals surface area (Å²) in [7, 11) is -1.87. The van der Waals surface area contributed by atoms with Crippen molar-refractivity contribution in [3.8, 4) is 11.3 Å². The molecule has 3 rings (SSSR count). The zero-order valence-corrected chi connectivity index (χ0v) is 14.5. The Hall–Kier alpha value is -1.74. The Kier molecular flexibility index (Phi) is 5.00. The van der Waals surface area contributed by atoms with E-state index in [1.54, 1.807) is 13.2 Å². The number of nitrogens with zero attached hydrogens (tertiary/aromatic N) is 4. The van der Waals surface area contributed by atoms with E-state index in [1.165, 1.54) is 8.99 Å². The predicted molar refractivity (Wildman–Crippen MR) is 90.9 cm³/mol. The number of aliphatic hydroxyl groups excluding tert-OH is 1. The number of β-amino-alcohol motifs (C(OH)–C–C–N with tert-alkyl or cyclic N) is 1. The van der Waals surface area contributed by atoms with E-state index < -0.39 is 10.0 Å². The fourth-order valence-electron chi connectivity index (χ4n) is 2.93. The van der Waals surface area contributed by atoms with Gasteiger partial charge in [-0.05, 0) is 0 Å². The van der Waals surface area contributed by atoms with Crippen LogP contribution in [0.1, 0.15) is 0 Å². The van der Waals surface area contributed by atoms with Crippen molar-refractivity contribution in [1.29, 1.82) is 0 Å². The third-order valence-electron chi connectivity index (χ3n) is 4.21. The molecule has 2 aromatic rings. The largest absolute Gasteiger partial charge is 0.395 e. The molecule has 0 radical (unpaired) electrons. The van der Waals surface area contributed by atoms with Crippen molar-refractivity contribution in [3.63, 3.8) is 0 Å². The minimum atomic E-state index is -3.60. The number of aromatic nitrogens is 2. The molecular formula is C16H22N4O3S. The number of hydrogen-bond acceptors (Lipinski definition) is 5. The van der Waals surface area contributed by atoms with Crippen molar-refractivity contribution >= 4 is 10.0 Å². The number of aliphatic hydroxyl groups is 1. The summed E-state index contributed by atoms with van der Waals surface area (Å²) in [5.74, 6) is 0. The average Bonchev–Trinajstić information content (AvgIpc) is 2.99. The molecule has 0 spiro atoms. The molecule has 1 fully saturated rings. The van der Waals surface area contributed by atoms with Gasteiger partial charge in [0.05, 0.1) is 6.61 Å². The topological polar surface area (TPSA) is 78.7 Å². The van der Waals surface area contributed by atoms with Gasteiger partial charge < -0.3 is 5.11 Å². The molecule has 0 bridgehead atoms. The first-order valence-electron chi connectivity index (χ1n) is 7.95. The molecule has 1 aliphatic rings. The molecule has 8 heteroatoms. The van der Waals surface area contributed by atoms with Crippen LogP contribution in [0.25, 0.3) is 11.3 Å². The average molecular weight is 350 g/mol. The van der Waals surface area contributed by atoms with Gasteiger partial charge in [0, 0.05) is 51.5 Å². The molecule has 1 saturated heterocycles. The van der Waals surface area contributed by atoms with E-state index in [1.807, 2.05) is 30.3 Å². The Bertz CT molecular complexity index is 781. The lowest BCUT2D eigenvalue weighted by Crippen LogP contribution is -2.49. The normalized spacial score (nSPS) is 17.2. The summed E-state index contributed by atoms with van der Waals surface area (Å²) in [5, 5.41) is 13.4. The Labute approximate surface area is 142 Å². The molecule has 1 N–H and O–H groups in total. The second-order valence-corrected chi connectivity index (χ2v) is 7.76. The highest BCUT2D eigenvalue weighted by Gasteiger charge is 2.32. The number of aryl methyl sites for hydroxylation is 1. The van der Waals surface area contributed by atoms with Gasteiger partial charge in [0.1, 0.15) is 10.6 Å². The smallest absolute Gasteiger partial charge is 0.246 e. The maximum absolute atomic E-state index is 13.1. The van der Waals surface area contributed by atoms with Crippen LogP contribution >= 0.6 is 0 Å². The fourth-order valence-corrected chi connectivity index (χ4v) is 4.54. The summed E-state index contributed by atoms with van der Waals surface area (Å²) in [4.78, 5) is 2.31. The third kappa shape index (κ3) is 3.36. The highest BCUT2D eigenvalue weighted by molar-refractivity contribution is 7.89. The molecule has 1 aromatic heterocycles. The van der Waals surface area contributed by atoms with E-state index in [0.29, 0.717) is 38.4 Å². The second kappa shape index (κ2) is 7.02. The maximum atomic E-state index is 13.1. The number of rotatable bonds is 5. The standard InChI is InChI=1S/C16H22N4O3S/c1-18-13-15(16(17-18)14-5-3-2-4-6-14)24(22,23)20-9-7-19(8-10-20)11-12-21/h2-6,13,21H,7-12H2,1H3. The number of sulfonamides is 1. The molecule has 130 valence electrons. The van der Waals surface area contributed by atoms with Gasteiger partial charge in [0.2, 0.25) is 10.0 Å². The van der Waals surface area contributed by atoms with Crippen molar-refractivity contribution < 1.29 is 13.5 Å². The van der Waals surface area contributed by atoms with Crippen molar-refractivity contribution in [2.75, 3.05) is 39.3 Å². The van der Waals surface area contributed by atoms with Crippen molar-refractivity contribution in [2.24, 2.45) is 7.05 Å². The highest BCUT2D eigenvalue weighted by atomic mass is 32.2. The van der Waals surface area contributed by atoms with Gasteiger partial charge in [0.25, 0.3) is 0 Å². The van der Waals surface area contributed by atoms with Crippen LogP contribution in [0.5, 0.6) is 0 Å². The number of benzene rings is 1. The lowest BCUT2D eigenvalue weighted by atomic mass is 10.2. The summed E-state index contributed by atoms with van der Waals surface area (Å²) in [6.07, 6.45) is 1.57. The highest BCUT2D eigenvalue weighted by Crippen LogP contribution is 2.28. The van der Waals surface area contributed by atoms with Gasteiger partial charge in [-0.15, -0.1) is 0 Å². The zero-order valence-electron chi connectivity index (χ0n) is 13.7. The van der Waals surface area contributed by atoms with Crippen molar-refractivity contribution in [1.82, 2.24) is 19.0 Å². The molecule has 0 atom stereocenters. The van der Waals surface area contributed by atoms with E-state index in [-0.39, 0.29) is 11.5 Å². The SMILES string of the molecule is Cn1cc(S(=O)(=O)N2CCN(CCO)CC2)c(-c2ccccc2)n1. The van der Waals surface area contributed by atoms with E-state index in [4.69, 9.17) is 5.11 Å². The van der Waals surface area contributed by atoms with Crippen LogP contribution in [-0.2, 0) is 17.1 Å². The van der Waals surface area contributed by atoms with Gasteiger partial charge in [-0.25, -0.2) is 8.42 Å². The van der Waals surface area contributed by atoms with Gasteiger partial charge in [0.15, 0.2) is 0 Å². The first kappa shape index (κ1) is 17.1. The lowest BCUT2D eigenvalue weighted by Gasteiger charge is -2.33. The van der Waals surface area contributed by atoms with Crippen molar-refractivity contribution in [3.05, 3.63) is 36.5 Å². The summed E-state index contributed by atoms with van der Waals surface area (Å²) in [5.41, 5.74) is 1.27. The van der Waals surface area contributed by atoms with Crippen LogP contribution in [-0.4, -0.2) is 71.8 Å². The van der Waals surface area contributed by atoms with Crippen LogP contribution < -0.4 is 0 Å². The monoisotopic (exact) mass is 350 g/mol. The van der Waals surface area contributed by atoms with Crippen molar-refractivity contribution in [2.45, 2.75) is 4.90 Å². The summed E-state index contributed by atoms with van der Waals surface area (Å²) in [6.45, 7) is 2.77. The van der Waals surface area contributed by atoms with E-state index in [9.17, 15) is 8.42 Å². The molecule has 0 unspecified atom stereocenters. The summed E-state index contributed by atoms with van der Waals surface area (Å²) in [6, 6.07) is 9.35. The number of hydrogen-bond donors (Lipinski definition) is 1. The molecule has 0 aliphatic carbocycles. The number of piperazine rings is 1. The Morgan fingerprint density at radius 2 is 1.79 bits per heavy atom. The fraction of sp³-hybridized carbons (Fsp3) is 0.438. The van der Waals surface area contributed by atoms with Crippen LogP contribution in [0.4, 0.5) is 0 Å². The molecule has 0 amide bonds. The molecular weight excluding hydrogens is 328 g/mol. The van der Waals surface area contributed by atoms with Gasteiger partial charge in [-0.1, -0.05) is 30.3 Å². The quantitative estimate of drug-likeness (QED) is 0.844. The molecule has 24 heavy (non-hydrogen) atoms. The minimum absolute atomic E-state index is 0.0908. The maximum Gasteiger partial charge on any atom is 0.246 e. The van der Waals surface area contributed by atoms with E-state index >= 15 is 0 Å². The Morgan fingerprint density at radius 1 is 1.12 bits per heavy atom. The Balaban J connectivity index is 1.89. The lowest BCUT2D eigenvalue weighted by molar-refractivity contribution is 0.151. The first-order valence-corrected chi connectivity index (χ1v) is 9.39. The molecule has 1 aliphatic heterocycles. The Morgan fingerprint density at radius 3 is 2.42 bits per heavy atom. The van der Waals surface area contributed by atoms with Gasteiger partial charge >= 0.3 is 0 Å². The van der Waals surface area contributed by atoms with Gasteiger partial charge in [-0.3, -0.25) is 9.58 Å². The molecule has 2 heterocycles. The molecule has 0 saturated carbocycles. The van der Waals surface area contributed by atoms with E-state index in [0.717, 1.165) is 5.56 Å². The molecule has 1 aromatic carbocycles. The summed E-state index contributed by atoms with van der Waals surface area (Å²) < 4.78 is 29.2. The van der Waals surface area contributed by atoms with Gasteiger partial charge in [-0.2, -0.15) is 9.40 Å². The van der Waals surface area contributed by atoms with Crippen LogP contribution in [0, 0.1) is 0 Å². The van der Waals surface area contributed by atoms with Crippen LogP contribution in [0.15, 0.2) is 41.4 Å². The van der Waals surface area contributed by atoms with Crippen LogP contribution in [0.2, 0.25) is 0 Å². The summed E-state index contributed by atoms with van der Waals surface area (Å²) >= 11 is 0. The van der Waals surface area contributed by atoms with E-state index in [2.05, 4.69) is 10.00 Å². The minimum Gasteiger partial charge on any atom is -0.395 e.